The molecule has 0 unspecified atom stereocenters. The molecule has 1 aromatic heterocycles. The van der Waals surface area contributed by atoms with E-state index in [1.165, 1.54) is 18.5 Å². The predicted octanol–water partition coefficient (Wildman–Crippen LogP) is 5.05. The molecule has 5 nitrogen and oxygen atoms in total. The summed E-state index contributed by atoms with van der Waals surface area (Å²) in [6.07, 6.45) is 1.51. The van der Waals surface area contributed by atoms with Crippen LogP contribution in [0.25, 0.3) is 0 Å². The van der Waals surface area contributed by atoms with Gasteiger partial charge in [0.2, 0.25) is 0 Å². The molecule has 2 aromatic carbocycles. The fourth-order valence-corrected chi connectivity index (χ4v) is 3.90. The Bertz CT molecular complexity index is 1090. The highest BCUT2D eigenvalue weighted by Crippen LogP contribution is 2.33. The van der Waals surface area contributed by atoms with Crippen LogP contribution in [-0.4, -0.2) is 29.0 Å². The first-order chi connectivity index (χ1) is 14.8. The maximum atomic E-state index is 12.9. The number of nitrogens with one attached hydrogen (secondary N) is 1. The Kier molecular flexibility index (Phi) is 5.63. The average Bonchev–Trinajstić information content (AvgIpc) is 3.24. The topological polar surface area (TPSA) is 58.1 Å². The minimum Gasteiger partial charge on any atom is -0.368 e. The summed E-state index contributed by atoms with van der Waals surface area (Å²) >= 11 is 0. The Morgan fingerprint density at radius 1 is 1.13 bits per heavy atom. The van der Waals surface area contributed by atoms with Crippen molar-refractivity contribution in [3.8, 4) is 0 Å². The van der Waals surface area contributed by atoms with E-state index in [4.69, 9.17) is 0 Å². The Labute approximate surface area is 178 Å². The largest absolute Gasteiger partial charge is 0.416 e. The van der Waals surface area contributed by atoms with Crippen molar-refractivity contribution in [2.24, 2.45) is 0 Å². The molecule has 0 spiro atoms. The van der Waals surface area contributed by atoms with Crippen LogP contribution in [-0.2, 0) is 6.18 Å². The first-order valence-electron chi connectivity index (χ1n) is 9.90. The zero-order valence-electron chi connectivity index (χ0n) is 16.9. The number of hydrogen-bond acceptors (Lipinski definition) is 4. The summed E-state index contributed by atoms with van der Waals surface area (Å²) in [7, 11) is 0. The lowest BCUT2D eigenvalue weighted by Gasteiger charge is -2.19. The van der Waals surface area contributed by atoms with Crippen LogP contribution in [0.3, 0.4) is 0 Å². The van der Waals surface area contributed by atoms with Gasteiger partial charge in [-0.2, -0.15) is 13.2 Å². The number of aryl methyl sites for hydroxylation is 1. The third-order valence-corrected chi connectivity index (χ3v) is 5.53. The second-order valence-electron chi connectivity index (χ2n) is 7.63. The molecule has 0 aliphatic carbocycles. The van der Waals surface area contributed by atoms with Crippen LogP contribution >= 0.6 is 0 Å². The van der Waals surface area contributed by atoms with Gasteiger partial charge in [-0.05, 0) is 54.8 Å². The molecule has 3 aromatic rings. The van der Waals surface area contributed by atoms with Crippen LogP contribution in [0.2, 0.25) is 0 Å². The minimum absolute atomic E-state index is 0.109. The smallest absolute Gasteiger partial charge is 0.368 e. The molecule has 2 heterocycles. The van der Waals surface area contributed by atoms with Crippen LogP contribution in [0, 0.1) is 6.92 Å². The van der Waals surface area contributed by atoms with Gasteiger partial charge in [-0.25, -0.2) is 9.97 Å². The molecule has 0 bridgehead atoms. The third-order valence-electron chi connectivity index (χ3n) is 5.53. The van der Waals surface area contributed by atoms with Crippen LogP contribution in [0.15, 0.2) is 61.2 Å². The number of nitrogens with zero attached hydrogens (tertiary/aromatic N) is 3. The number of amides is 1. The van der Waals surface area contributed by atoms with E-state index in [2.05, 4.69) is 20.2 Å². The molecule has 1 fully saturated rings. The van der Waals surface area contributed by atoms with Crippen LogP contribution in [0.5, 0.6) is 0 Å². The van der Waals surface area contributed by atoms with Crippen molar-refractivity contribution >= 4 is 17.3 Å². The maximum Gasteiger partial charge on any atom is 0.416 e. The minimum atomic E-state index is -4.46. The summed E-state index contributed by atoms with van der Waals surface area (Å²) in [5.74, 6) is -0.201. The van der Waals surface area contributed by atoms with Gasteiger partial charge in [0.15, 0.2) is 0 Å². The zero-order valence-corrected chi connectivity index (χ0v) is 16.9. The molecule has 160 valence electrons. The van der Waals surface area contributed by atoms with Crippen molar-refractivity contribution in [3.05, 3.63) is 83.4 Å². The van der Waals surface area contributed by atoms with Gasteiger partial charge in [-0.3, -0.25) is 4.79 Å². The zero-order chi connectivity index (χ0) is 22.0. The van der Waals surface area contributed by atoms with E-state index in [0.717, 1.165) is 48.5 Å². The van der Waals surface area contributed by atoms with Crippen molar-refractivity contribution in [1.82, 2.24) is 9.97 Å². The quantitative estimate of drug-likeness (QED) is 0.634. The Hall–Kier alpha value is -3.42. The van der Waals surface area contributed by atoms with Crippen molar-refractivity contribution in [1.29, 1.82) is 0 Å². The lowest BCUT2D eigenvalue weighted by Crippen LogP contribution is -2.20. The van der Waals surface area contributed by atoms with Crippen molar-refractivity contribution in [2.45, 2.75) is 25.4 Å². The summed E-state index contributed by atoms with van der Waals surface area (Å²) in [4.78, 5) is 23.1. The molecule has 0 radical (unpaired) electrons. The number of aromatic nitrogens is 2. The lowest BCUT2D eigenvalue weighted by atomic mass is 9.92. The highest BCUT2D eigenvalue weighted by Gasteiger charge is 2.30. The molecular formula is C23H21F3N4O. The Balaban J connectivity index is 1.51. The highest BCUT2D eigenvalue weighted by atomic mass is 19.4. The monoisotopic (exact) mass is 426 g/mol. The van der Waals surface area contributed by atoms with E-state index in [0.29, 0.717) is 5.56 Å². The van der Waals surface area contributed by atoms with E-state index < -0.39 is 17.6 Å². The number of hydrogen-bond donors (Lipinski definition) is 1. The predicted molar refractivity (Wildman–Crippen MR) is 112 cm³/mol. The van der Waals surface area contributed by atoms with Gasteiger partial charge in [0, 0.05) is 30.3 Å². The number of rotatable bonds is 4. The summed E-state index contributed by atoms with van der Waals surface area (Å²) in [6, 6.07) is 10.0. The normalized spacial score (nSPS) is 16.4. The Morgan fingerprint density at radius 2 is 1.90 bits per heavy atom. The first kappa shape index (κ1) is 20.8. The van der Waals surface area contributed by atoms with Crippen molar-refractivity contribution < 1.29 is 18.0 Å². The van der Waals surface area contributed by atoms with E-state index in [9.17, 15) is 18.0 Å². The molecule has 8 heteroatoms. The second-order valence-corrected chi connectivity index (χ2v) is 7.63. The summed E-state index contributed by atoms with van der Waals surface area (Å²) in [5.41, 5.74) is 2.83. The molecule has 1 atom stereocenters. The molecule has 1 saturated heterocycles. The molecule has 4 rings (SSSR count). The maximum absolute atomic E-state index is 12.9. The fraction of sp³-hybridized carbons (Fsp3) is 0.261. The van der Waals surface area contributed by atoms with Gasteiger partial charge in [-0.15, -0.1) is 0 Å². The first-order valence-corrected chi connectivity index (χ1v) is 9.90. The van der Waals surface area contributed by atoms with Crippen LogP contribution < -0.4 is 10.2 Å². The molecule has 0 saturated carbocycles. The standard InChI is InChI=1S/C23H21F3N4O/c1-15-5-6-16(22(31)29-19-4-2-3-18(10-19)23(24,25)26)9-21(15)17-7-8-30(13-17)20-11-27-14-28-12-20/h2-6,9-12,14,17H,7-8,13H2,1H3,(H,29,31)/t17-/m1/s1. The number of alkyl halides is 3. The van der Waals surface area contributed by atoms with Gasteiger partial charge in [0.25, 0.3) is 5.91 Å². The summed E-state index contributed by atoms with van der Waals surface area (Å²) in [6.45, 7) is 3.64. The molecule has 1 N–H and O–H groups in total. The SMILES string of the molecule is Cc1ccc(C(=O)Nc2cccc(C(F)(F)F)c2)cc1[C@@H]1CCN(c2cncnc2)C1. The summed E-state index contributed by atoms with van der Waals surface area (Å²) < 4.78 is 38.8. The molecule has 31 heavy (non-hydrogen) atoms. The van der Waals surface area contributed by atoms with Gasteiger partial charge in [-0.1, -0.05) is 12.1 Å². The van der Waals surface area contributed by atoms with E-state index in [1.54, 1.807) is 18.5 Å². The second kappa shape index (κ2) is 8.37. The van der Waals surface area contributed by atoms with E-state index in [-0.39, 0.29) is 11.6 Å². The summed E-state index contributed by atoms with van der Waals surface area (Å²) in [5, 5.41) is 2.58. The van der Waals surface area contributed by atoms with Gasteiger partial charge >= 0.3 is 6.18 Å². The number of anilines is 2. The van der Waals surface area contributed by atoms with Crippen LogP contribution in [0.1, 0.15) is 39.4 Å². The molecule has 1 aliphatic heterocycles. The van der Waals surface area contributed by atoms with Crippen molar-refractivity contribution in [3.63, 3.8) is 0 Å². The molecular weight excluding hydrogens is 405 g/mol. The Morgan fingerprint density at radius 3 is 2.65 bits per heavy atom. The highest BCUT2D eigenvalue weighted by molar-refractivity contribution is 6.04. The number of halogens is 3. The molecule has 1 aliphatic rings. The third kappa shape index (κ3) is 4.68. The number of carbonyl (C=O) groups excluding carboxylic acids is 1. The van der Waals surface area contributed by atoms with Gasteiger partial charge < -0.3 is 10.2 Å². The lowest BCUT2D eigenvalue weighted by molar-refractivity contribution is -0.137. The van der Waals surface area contributed by atoms with Gasteiger partial charge in [0.05, 0.1) is 23.6 Å². The van der Waals surface area contributed by atoms with E-state index >= 15 is 0 Å². The van der Waals surface area contributed by atoms with Gasteiger partial charge in [0.1, 0.15) is 6.33 Å². The van der Waals surface area contributed by atoms with E-state index in [1.807, 2.05) is 19.1 Å². The number of carbonyl (C=O) groups is 1. The number of benzene rings is 2. The average molecular weight is 426 g/mol. The molecule has 1 amide bonds. The fourth-order valence-electron chi connectivity index (χ4n) is 3.90. The van der Waals surface area contributed by atoms with Crippen LogP contribution in [0.4, 0.5) is 24.5 Å². The van der Waals surface area contributed by atoms with Crippen molar-refractivity contribution in [2.75, 3.05) is 23.3 Å².